The van der Waals surface area contributed by atoms with Gasteiger partial charge in [0.15, 0.2) is 11.6 Å². The van der Waals surface area contributed by atoms with Crippen molar-refractivity contribution in [2.24, 2.45) is 5.41 Å². The van der Waals surface area contributed by atoms with Gasteiger partial charge in [-0.05, 0) is 48.8 Å². The lowest BCUT2D eigenvalue weighted by Gasteiger charge is -2.38. The topological polar surface area (TPSA) is 73.0 Å². The molecule has 2 aromatic carbocycles. The lowest BCUT2D eigenvalue weighted by atomic mass is 9.92. The summed E-state index contributed by atoms with van der Waals surface area (Å²) in [7, 11) is 0. The number of hydrogen-bond acceptors (Lipinski definition) is 4. The number of anilines is 1. The van der Waals surface area contributed by atoms with E-state index in [1.54, 1.807) is 9.80 Å². The molecule has 2 fully saturated rings. The second-order valence-electron chi connectivity index (χ2n) is 12.3. The summed E-state index contributed by atoms with van der Waals surface area (Å²) in [6.45, 7) is 8.22. The van der Waals surface area contributed by atoms with Crippen molar-refractivity contribution in [3.05, 3.63) is 65.2 Å². The third-order valence-corrected chi connectivity index (χ3v) is 9.71. The highest BCUT2D eigenvalue weighted by molar-refractivity contribution is 8.01. The van der Waals surface area contributed by atoms with Crippen LogP contribution in [-0.2, 0) is 16.0 Å². The minimum absolute atomic E-state index is 0.00707. The van der Waals surface area contributed by atoms with Crippen LogP contribution in [0.2, 0.25) is 0 Å². The summed E-state index contributed by atoms with van der Waals surface area (Å²) >= 11 is 1.23. The number of halogens is 2. The van der Waals surface area contributed by atoms with E-state index < -0.39 is 22.3 Å². The van der Waals surface area contributed by atoms with Crippen LogP contribution in [-0.4, -0.2) is 70.0 Å². The molecule has 1 N–H and O–H groups in total. The lowest BCUT2D eigenvalue weighted by Crippen LogP contribution is -2.50. The number of carbonyl (C=O) groups excluding carboxylic acids is 3. The van der Waals surface area contributed by atoms with Gasteiger partial charge in [0.25, 0.3) is 0 Å². The van der Waals surface area contributed by atoms with E-state index in [9.17, 15) is 23.2 Å². The van der Waals surface area contributed by atoms with Crippen molar-refractivity contribution in [1.29, 1.82) is 0 Å². The zero-order valence-electron chi connectivity index (χ0n) is 23.9. The molecule has 2 unspecified atom stereocenters. The van der Waals surface area contributed by atoms with E-state index in [1.165, 1.54) is 23.9 Å². The van der Waals surface area contributed by atoms with Gasteiger partial charge in [0.2, 0.25) is 11.8 Å². The van der Waals surface area contributed by atoms with Crippen molar-refractivity contribution in [3.8, 4) is 0 Å². The quantitative estimate of drug-likeness (QED) is 0.465. The number of urea groups is 1. The normalized spacial score (nSPS) is 22.0. The first kappa shape index (κ1) is 29.4. The minimum atomic E-state index is -0.951. The van der Waals surface area contributed by atoms with Crippen molar-refractivity contribution >= 4 is 35.3 Å². The maximum absolute atomic E-state index is 14.8. The molecule has 0 aliphatic carbocycles. The van der Waals surface area contributed by atoms with Gasteiger partial charge in [0.05, 0.1) is 5.25 Å². The van der Waals surface area contributed by atoms with Crippen LogP contribution in [0, 0.1) is 17.0 Å². The Morgan fingerprint density at radius 3 is 2.49 bits per heavy atom. The first-order valence-corrected chi connectivity index (χ1v) is 15.3. The van der Waals surface area contributed by atoms with E-state index in [0.717, 1.165) is 23.7 Å². The SMILES string of the molecule is CC(C)(C)CCN1C(=O)C(CC(=O)N2CCC(N3CCc4ccccc4NC3=O)CC2)SC1c1cccc(F)c1F. The minimum Gasteiger partial charge on any atom is -0.342 e. The molecule has 41 heavy (non-hydrogen) atoms. The largest absolute Gasteiger partial charge is 0.342 e. The summed E-state index contributed by atoms with van der Waals surface area (Å²) in [6.07, 6.45) is 2.79. The second-order valence-corrected chi connectivity index (χ2v) is 13.6. The first-order valence-electron chi connectivity index (χ1n) is 14.3. The fourth-order valence-corrected chi connectivity index (χ4v) is 7.30. The van der Waals surface area contributed by atoms with Crippen LogP contribution in [0.15, 0.2) is 42.5 Å². The number of carbonyl (C=O) groups is 3. The highest BCUT2D eigenvalue weighted by Crippen LogP contribution is 2.46. The van der Waals surface area contributed by atoms with E-state index in [-0.39, 0.29) is 41.3 Å². The van der Waals surface area contributed by atoms with Crippen LogP contribution in [0.3, 0.4) is 0 Å². The Morgan fingerprint density at radius 1 is 1.02 bits per heavy atom. The number of fused-ring (bicyclic) bond motifs is 1. The molecule has 7 nitrogen and oxygen atoms in total. The number of thioether (sulfide) groups is 1. The van der Waals surface area contributed by atoms with E-state index in [4.69, 9.17) is 0 Å². The van der Waals surface area contributed by atoms with Crippen LogP contribution in [0.4, 0.5) is 19.3 Å². The van der Waals surface area contributed by atoms with Crippen molar-refractivity contribution in [2.45, 2.75) is 69.5 Å². The number of rotatable bonds is 6. The Bertz CT molecular complexity index is 1310. The van der Waals surface area contributed by atoms with Crippen LogP contribution in [0.1, 0.15) is 63.0 Å². The zero-order valence-corrected chi connectivity index (χ0v) is 24.7. The number of likely N-dealkylation sites (tertiary alicyclic amines) is 1. The number of amides is 4. The average molecular weight is 585 g/mol. The van der Waals surface area contributed by atoms with Gasteiger partial charge < -0.3 is 20.0 Å². The molecule has 0 saturated carbocycles. The van der Waals surface area contributed by atoms with Gasteiger partial charge in [-0.3, -0.25) is 9.59 Å². The smallest absolute Gasteiger partial charge is 0.322 e. The van der Waals surface area contributed by atoms with Crippen LogP contribution in [0.5, 0.6) is 0 Å². The highest BCUT2D eigenvalue weighted by atomic mass is 32.2. The standard InChI is InChI=1S/C31H38F2N4O3S/c1-31(2,3)14-18-37-28(39)25(41-29(37)22-8-6-9-23(32)27(22)33)19-26(38)35-15-12-21(13-16-35)36-17-11-20-7-4-5-10-24(20)34-30(36)40/h4-10,21,25,29H,11-19H2,1-3H3,(H,34,40). The van der Waals surface area contributed by atoms with E-state index in [2.05, 4.69) is 26.1 Å². The molecular formula is C31H38F2N4O3S. The zero-order chi connectivity index (χ0) is 29.3. The molecule has 4 amide bonds. The summed E-state index contributed by atoms with van der Waals surface area (Å²) < 4.78 is 28.9. The maximum Gasteiger partial charge on any atom is 0.322 e. The van der Waals surface area contributed by atoms with Gasteiger partial charge in [-0.25, -0.2) is 13.6 Å². The molecule has 0 radical (unpaired) electrons. The van der Waals surface area contributed by atoms with Crippen molar-refractivity contribution in [2.75, 3.05) is 31.5 Å². The van der Waals surface area contributed by atoms with Gasteiger partial charge in [-0.2, -0.15) is 0 Å². The molecule has 3 aliphatic rings. The fourth-order valence-electron chi connectivity index (χ4n) is 5.81. The third kappa shape index (κ3) is 6.52. The van der Waals surface area contributed by atoms with Crippen molar-refractivity contribution in [1.82, 2.24) is 14.7 Å². The summed E-state index contributed by atoms with van der Waals surface area (Å²) in [6, 6.07) is 11.8. The molecule has 2 atom stereocenters. The summed E-state index contributed by atoms with van der Waals surface area (Å²) in [5.74, 6) is -2.24. The van der Waals surface area contributed by atoms with Gasteiger partial charge in [0, 0.05) is 49.9 Å². The van der Waals surface area contributed by atoms with Gasteiger partial charge in [-0.1, -0.05) is 51.1 Å². The molecule has 0 spiro atoms. The van der Waals surface area contributed by atoms with Crippen molar-refractivity contribution < 1.29 is 23.2 Å². The molecule has 3 heterocycles. The monoisotopic (exact) mass is 584 g/mol. The number of hydrogen-bond donors (Lipinski definition) is 1. The average Bonchev–Trinajstić information content (AvgIpc) is 3.12. The predicted octanol–water partition coefficient (Wildman–Crippen LogP) is 5.81. The highest BCUT2D eigenvalue weighted by Gasteiger charge is 2.44. The van der Waals surface area contributed by atoms with E-state index in [1.807, 2.05) is 29.2 Å². The Labute approximate surface area is 244 Å². The number of piperidine rings is 1. The number of nitrogens with zero attached hydrogens (tertiary/aromatic N) is 3. The molecule has 5 rings (SSSR count). The van der Waals surface area contributed by atoms with E-state index >= 15 is 0 Å². The third-order valence-electron chi connectivity index (χ3n) is 8.24. The predicted molar refractivity (Wildman–Crippen MR) is 156 cm³/mol. The Kier molecular flexibility index (Phi) is 8.59. The molecule has 3 aliphatic heterocycles. The fraction of sp³-hybridized carbons (Fsp3) is 0.516. The van der Waals surface area contributed by atoms with Gasteiger partial charge >= 0.3 is 6.03 Å². The first-order chi connectivity index (χ1) is 19.5. The van der Waals surface area contributed by atoms with E-state index in [0.29, 0.717) is 45.4 Å². The molecule has 2 aromatic rings. The molecule has 0 aromatic heterocycles. The molecule has 2 saturated heterocycles. The molecule has 10 heteroatoms. The van der Waals surface area contributed by atoms with Crippen molar-refractivity contribution in [3.63, 3.8) is 0 Å². The number of benzene rings is 2. The Hall–Kier alpha value is -3.14. The summed E-state index contributed by atoms with van der Waals surface area (Å²) in [4.78, 5) is 45.0. The van der Waals surface area contributed by atoms with Gasteiger partial charge in [-0.15, -0.1) is 11.8 Å². The van der Waals surface area contributed by atoms with Gasteiger partial charge in [0.1, 0.15) is 5.37 Å². The Balaban J connectivity index is 1.21. The molecule has 220 valence electrons. The molecule has 0 bridgehead atoms. The summed E-state index contributed by atoms with van der Waals surface area (Å²) in [5, 5.41) is 1.67. The lowest BCUT2D eigenvalue weighted by molar-refractivity contribution is -0.137. The summed E-state index contributed by atoms with van der Waals surface area (Å²) in [5.41, 5.74) is 2.04. The number of nitrogens with one attached hydrogen (secondary N) is 1. The number of para-hydroxylation sites is 1. The van der Waals surface area contributed by atoms with Crippen LogP contribution in [0.25, 0.3) is 0 Å². The van der Waals surface area contributed by atoms with Crippen LogP contribution >= 0.6 is 11.8 Å². The molecular weight excluding hydrogens is 546 g/mol. The van der Waals surface area contributed by atoms with Crippen LogP contribution < -0.4 is 5.32 Å². The second kappa shape index (κ2) is 12.0. The Morgan fingerprint density at radius 2 is 1.76 bits per heavy atom. The maximum atomic E-state index is 14.8.